The highest BCUT2D eigenvalue weighted by molar-refractivity contribution is 6.12. The van der Waals surface area contributed by atoms with Crippen molar-refractivity contribution in [2.45, 2.75) is 5.41 Å². The number of para-hydroxylation sites is 2. The molecule has 11 aromatic rings. The van der Waals surface area contributed by atoms with E-state index in [1.807, 2.05) is 0 Å². The number of anilines is 6. The van der Waals surface area contributed by atoms with Crippen LogP contribution in [0.5, 0.6) is 11.5 Å². The van der Waals surface area contributed by atoms with Gasteiger partial charge in [0, 0.05) is 50.7 Å². The highest BCUT2D eigenvalue weighted by atomic mass is 16.5. The second-order valence-electron chi connectivity index (χ2n) is 17.6. The van der Waals surface area contributed by atoms with Crippen molar-refractivity contribution in [3.05, 3.63) is 289 Å². The van der Waals surface area contributed by atoms with Gasteiger partial charge >= 0.3 is 0 Å². The van der Waals surface area contributed by atoms with Crippen LogP contribution in [0.4, 0.5) is 34.1 Å². The number of nitrogens with zero attached hydrogens (tertiary/aromatic N) is 2. The van der Waals surface area contributed by atoms with Gasteiger partial charge in [-0.3, -0.25) is 0 Å². The maximum absolute atomic E-state index is 7.02. The van der Waals surface area contributed by atoms with E-state index in [4.69, 9.17) is 4.74 Å². The molecule has 3 nitrogen and oxygen atoms in total. The molecule has 0 N–H and O–H groups in total. The minimum absolute atomic E-state index is 0.541. The van der Waals surface area contributed by atoms with Crippen LogP contribution in [0, 0.1) is 0 Å². The van der Waals surface area contributed by atoms with Gasteiger partial charge in [-0.05, 0) is 111 Å². The normalized spacial score (nSPS) is 12.6. The second-order valence-corrected chi connectivity index (χ2v) is 17.6. The van der Waals surface area contributed by atoms with E-state index < -0.39 is 5.41 Å². The van der Waals surface area contributed by atoms with Gasteiger partial charge in [0.15, 0.2) is 0 Å². The molecular formula is C65H44N2O. The van der Waals surface area contributed by atoms with Gasteiger partial charge in [0.2, 0.25) is 0 Å². The summed E-state index contributed by atoms with van der Waals surface area (Å²) in [6.07, 6.45) is 0. The van der Waals surface area contributed by atoms with Crippen LogP contribution < -0.4 is 14.5 Å². The Balaban J connectivity index is 1.02. The third kappa shape index (κ3) is 6.21. The first-order valence-electron chi connectivity index (χ1n) is 23.3. The summed E-state index contributed by atoms with van der Waals surface area (Å²) >= 11 is 0. The molecule has 0 spiro atoms. The number of ether oxygens (including phenoxy) is 1. The molecule has 0 fully saturated rings. The molecule has 0 bridgehead atoms. The topological polar surface area (TPSA) is 15.7 Å². The van der Waals surface area contributed by atoms with Crippen LogP contribution >= 0.6 is 0 Å². The van der Waals surface area contributed by atoms with Crippen LogP contribution in [0.1, 0.15) is 22.3 Å². The zero-order valence-corrected chi connectivity index (χ0v) is 37.2. The zero-order chi connectivity index (χ0) is 45.0. The molecule has 0 aromatic heterocycles. The van der Waals surface area contributed by atoms with E-state index in [0.717, 1.165) is 67.5 Å². The highest BCUT2D eigenvalue weighted by Gasteiger charge is 2.47. The van der Waals surface area contributed by atoms with E-state index in [9.17, 15) is 0 Å². The maximum atomic E-state index is 7.02. The average Bonchev–Trinajstić information content (AvgIpc) is 3.72. The first-order valence-corrected chi connectivity index (χ1v) is 23.3. The first-order chi connectivity index (χ1) is 33.8. The average molecular weight is 869 g/mol. The van der Waals surface area contributed by atoms with Gasteiger partial charge in [0.25, 0.3) is 0 Å². The summed E-state index contributed by atoms with van der Waals surface area (Å²) in [5, 5.41) is 2.20. The summed E-state index contributed by atoms with van der Waals surface area (Å²) in [6.45, 7) is 0. The lowest BCUT2D eigenvalue weighted by Gasteiger charge is -2.34. The minimum Gasteiger partial charge on any atom is -0.456 e. The predicted octanol–water partition coefficient (Wildman–Crippen LogP) is 17.6. The van der Waals surface area contributed by atoms with Gasteiger partial charge < -0.3 is 14.5 Å². The van der Waals surface area contributed by atoms with Crippen molar-refractivity contribution in [1.29, 1.82) is 0 Å². The molecular weight excluding hydrogens is 825 g/mol. The van der Waals surface area contributed by atoms with Crippen molar-refractivity contribution < 1.29 is 4.74 Å². The molecule has 0 saturated heterocycles. The van der Waals surface area contributed by atoms with Crippen molar-refractivity contribution in [1.82, 2.24) is 0 Å². The van der Waals surface area contributed by atoms with Gasteiger partial charge in [-0.1, -0.05) is 194 Å². The van der Waals surface area contributed by atoms with Gasteiger partial charge in [-0.15, -0.1) is 0 Å². The Kier molecular flexibility index (Phi) is 9.40. The Morgan fingerprint density at radius 3 is 1.51 bits per heavy atom. The fourth-order valence-electron chi connectivity index (χ4n) is 11.0. The standard InChI is InChI=1S/C65H44N2O/c1-6-20-45(21-7-1)46-36-38-51(39-37-46)67(60-35-19-34-58-64(60)55-30-16-17-33-57(55)65(58,47-22-8-2-9-23-47)48-24-10-3-11-25-48)59-42-43-61-63-54(31-18-32-56(59)63)53-41-40-52(44-62(53)68-61)66(49-26-12-4-13-27-49)50-28-14-5-15-29-50/h1-44H. The van der Waals surface area contributed by atoms with E-state index in [2.05, 4.69) is 277 Å². The van der Waals surface area contributed by atoms with E-state index in [-0.39, 0.29) is 0 Å². The molecule has 0 amide bonds. The van der Waals surface area contributed by atoms with Gasteiger partial charge in [0.1, 0.15) is 11.5 Å². The summed E-state index contributed by atoms with van der Waals surface area (Å²) in [6, 6.07) is 96.5. The molecule has 1 aliphatic heterocycles. The van der Waals surface area contributed by atoms with Crippen LogP contribution in [0.2, 0.25) is 0 Å². The number of rotatable bonds is 9. The fourth-order valence-corrected chi connectivity index (χ4v) is 11.0. The fraction of sp³-hybridized carbons (Fsp3) is 0.0154. The molecule has 2 aliphatic rings. The maximum Gasteiger partial charge on any atom is 0.137 e. The van der Waals surface area contributed by atoms with Crippen LogP contribution in [-0.2, 0) is 5.41 Å². The largest absolute Gasteiger partial charge is 0.456 e. The lowest BCUT2D eigenvalue weighted by molar-refractivity contribution is 0.487. The summed E-state index contributed by atoms with van der Waals surface area (Å²) in [5.41, 5.74) is 17.9. The third-order valence-corrected chi connectivity index (χ3v) is 13.9. The minimum atomic E-state index is -0.541. The van der Waals surface area contributed by atoms with Crippen molar-refractivity contribution in [3.8, 4) is 44.9 Å². The molecule has 0 atom stereocenters. The van der Waals surface area contributed by atoms with Crippen LogP contribution in [0.25, 0.3) is 44.2 Å². The Morgan fingerprint density at radius 1 is 0.309 bits per heavy atom. The molecule has 68 heavy (non-hydrogen) atoms. The lowest BCUT2D eigenvalue weighted by Crippen LogP contribution is -2.28. The summed E-state index contributed by atoms with van der Waals surface area (Å²) in [5.74, 6) is 1.67. The molecule has 13 rings (SSSR count). The Hall–Kier alpha value is -8.92. The number of benzene rings is 11. The van der Waals surface area contributed by atoms with Crippen LogP contribution in [0.15, 0.2) is 267 Å². The summed E-state index contributed by atoms with van der Waals surface area (Å²) in [4.78, 5) is 4.76. The molecule has 0 saturated carbocycles. The molecule has 1 heterocycles. The second kappa shape index (κ2) is 16.2. The molecule has 11 aromatic carbocycles. The molecule has 0 radical (unpaired) electrons. The highest BCUT2D eigenvalue weighted by Crippen LogP contribution is 2.60. The van der Waals surface area contributed by atoms with Crippen LogP contribution in [-0.4, -0.2) is 0 Å². The quantitative estimate of drug-likeness (QED) is 0.144. The number of fused-ring (bicyclic) bond motifs is 5. The molecule has 1 aliphatic carbocycles. The lowest BCUT2D eigenvalue weighted by atomic mass is 9.68. The Morgan fingerprint density at radius 2 is 0.838 bits per heavy atom. The Bertz CT molecular complexity index is 3550. The van der Waals surface area contributed by atoms with E-state index in [0.29, 0.717) is 0 Å². The summed E-state index contributed by atoms with van der Waals surface area (Å²) < 4.78 is 7.02. The van der Waals surface area contributed by atoms with E-state index in [1.54, 1.807) is 0 Å². The molecule has 3 heteroatoms. The SMILES string of the molecule is c1ccc(-c2ccc(N(c3cccc4c3-c3ccccc3C4(c3ccccc3)c3ccccc3)c3ccc4c5c(cccc35)-c3ccc(N(c5ccccc5)c5ccccc5)cc3O4)cc2)cc1. The van der Waals surface area contributed by atoms with Gasteiger partial charge in [-0.25, -0.2) is 0 Å². The molecule has 0 unspecified atom stereocenters. The molecule has 320 valence electrons. The number of hydrogen-bond donors (Lipinski definition) is 0. The van der Waals surface area contributed by atoms with Crippen molar-refractivity contribution >= 4 is 44.9 Å². The van der Waals surface area contributed by atoms with E-state index >= 15 is 0 Å². The third-order valence-electron chi connectivity index (χ3n) is 13.9. The smallest absolute Gasteiger partial charge is 0.137 e. The monoisotopic (exact) mass is 868 g/mol. The predicted molar refractivity (Wildman–Crippen MR) is 282 cm³/mol. The van der Waals surface area contributed by atoms with Crippen molar-refractivity contribution in [3.63, 3.8) is 0 Å². The van der Waals surface area contributed by atoms with Crippen molar-refractivity contribution in [2.75, 3.05) is 9.80 Å². The number of hydrogen-bond acceptors (Lipinski definition) is 3. The first kappa shape index (κ1) is 39.4. The van der Waals surface area contributed by atoms with Crippen molar-refractivity contribution in [2.24, 2.45) is 0 Å². The van der Waals surface area contributed by atoms with Crippen LogP contribution in [0.3, 0.4) is 0 Å². The zero-order valence-electron chi connectivity index (χ0n) is 37.2. The van der Waals surface area contributed by atoms with Gasteiger partial charge in [0.05, 0.1) is 16.8 Å². The Labute approximate surface area is 397 Å². The van der Waals surface area contributed by atoms with Gasteiger partial charge in [-0.2, -0.15) is 0 Å². The van der Waals surface area contributed by atoms with E-state index in [1.165, 1.54) is 44.5 Å². The summed E-state index contributed by atoms with van der Waals surface area (Å²) in [7, 11) is 0.